The average Bonchev–Trinajstić information content (AvgIpc) is 2.60. The first-order chi connectivity index (χ1) is 11.5. The van der Waals surface area contributed by atoms with Crippen molar-refractivity contribution in [1.82, 2.24) is 0 Å². The van der Waals surface area contributed by atoms with Gasteiger partial charge in [-0.2, -0.15) is 0 Å². The fourth-order valence-corrected chi connectivity index (χ4v) is 2.28. The van der Waals surface area contributed by atoms with Crippen LogP contribution in [0, 0.1) is 0 Å². The van der Waals surface area contributed by atoms with E-state index in [9.17, 15) is 9.59 Å². The maximum Gasteiger partial charge on any atom is 0.302 e. The molecule has 0 fully saturated rings. The van der Waals surface area contributed by atoms with Crippen molar-refractivity contribution in [2.75, 3.05) is 20.8 Å². The van der Waals surface area contributed by atoms with Crippen LogP contribution in [0.3, 0.4) is 0 Å². The molecule has 0 saturated carbocycles. The number of carbonyl (C=O) groups is 2. The number of carbonyl (C=O) groups excluding carboxylic acids is 2. The zero-order valence-corrected chi connectivity index (χ0v) is 14.0. The summed E-state index contributed by atoms with van der Waals surface area (Å²) in [4.78, 5) is 23.4. The van der Waals surface area contributed by atoms with Crippen LogP contribution in [0.15, 0.2) is 42.5 Å². The summed E-state index contributed by atoms with van der Waals surface area (Å²) in [7, 11) is 3.08. The Bertz CT molecular complexity index is 719. The maximum atomic E-state index is 12.7. The molecular weight excluding hydrogens is 308 g/mol. The Hall–Kier alpha value is -2.82. The topological polar surface area (TPSA) is 61.8 Å². The van der Waals surface area contributed by atoms with Crippen LogP contribution in [0.2, 0.25) is 0 Å². The minimum atomic E-state index is -0.298. The summed E-state index contributed by atoms with van der Waals surface area (Å²) >= 11 is 0. The summed E-state index contributed by atoms with van der Waals surface area (Å²) in [6.45, 7) is 1.71. The average molecular weight is 328 g/mol. The van der Waals surface area contributed by atoms with E-state index in [0.717, 1.165) is 5.56 Å². The number of rotatable bonds is 7. The standard InChI is InChI=1S/C19H20O5/c1-13(20)24-11-10-14-4-6-15(7-5-14)19(21)17-9-8-16(22-2)12-18(17)23-3/h4-9,12H,10-11H2,1-3H3. The van der Waals surface area contributed by atoms with Crippen LogP contribution in [0.1, 0.15) is 28.4 Å². The maximum absolute atomic E-state index is 12.7. The molecule has 0 amide bonds. The van der Waals surface area contributed by atoms with E-state index in [1.54, 1.807) is 37.4 Å². The molecule has 0 aliphatic rings. The Morgan fingerprint density at radius 3 is 2.25 bits per heavy atom. The fourth-order valence-electron chi connectivity index (χ4n) is 2.28. The van der Waals surface area contributed by atoms with Crippen molar-refractivity contribution < 1.29 is 23.8 Å². The summed E-state index contributed by atoms with van der Waals surface area (Å²) in [5.41, 5.74) is 2.04. The molecule has 0 N–H and O–H groups in total. The van der Waals surface area contributed by atoms with Crippen LogP contribution < -0.4 is 9.47 Å². The predicted molar refractivity (Wildman–Crippen MR) is 89.8 cm³/mol. The molecule has 0 bridgehead atoms. The molecule has 24 heavy (non-hydrogen) atoms. The Labute approximate surface area is 141 Å². The van der Waals surface area contributed by atoms with Gasteiger partial charge in [-0.15, -0.1) is 0 Å². The van der Waals surface area contributed by atoms with Crippen LogP contribution in [0.25, 0.3) is 0 Å². The van der Waals surface area contributed by atoms with Crippen molar-refractivity contribution in [3.63, 3.8) is 0 Å². The first kappa shape index (κ1) is 17.5. The number of hydrogen-bond donors (Lipinski definition) is 0. The summed E-state index contributed by atoms with van der Waals surface area (Å²) in [5, 5.41) is 0. The van der Waals surface area contributed by atoms with Crippen molar-refractivity contribution in [3.8, 4) is 11.5 Å². The molecule has 2 aromatic rings. The first-order valence-electron chi connectivity index (χ1n) is 7.54. The second-order valence-electron chi connectivity index (χ2n) is 5.18. The van der Waals surface area contributed by atoms with Gasteiger partial charge in [0, 0.05) is 25.0 Å². The van der Waals surface area contributed by atoms with E-state index in [-0.39, 0.29) is 11.8 Å². The van der Waals surface area contributed by atoms with Gasteiger partial charge < -0.3 is 14.2 Å². The SMILES string of the molecule is COc1ccc(C(=O)c2ccc(CCOC(C)=O)cc2)c(OC)c1. The van der Waals surface area contributed by atoms with Crippen LogP contribution in [-0.2, 0) is 16.0 Å². The van der Waals surface area contributed by atoms with Crippen LogP contribution in [0.4, 0.5) is 0 Å². The molecule has 0 aliphatic heterocycles. The highest BCUT2D eigenvalue weighted by Gasteiger charge is 2.15. The Kier molecular flexibility index (Phi) is 5.95. The van der Waals surface area contributed by atoms with Gasteiger partial charge in [0.25, 0.3) is 0 Å². The third kappa shape index (κ3) is 4.35. The molecule has 5 heteroatoms. The highest BCUT2D eigenvalue weighted by atomic mass is 16.5. The van der Waals surface area contributed by atoms with Gasteiger partial charge in [-0.3, -0.25) is 9.59 Å². The molecule has 0 heterocycles. The number of ketones is 1. The molecule has 0 spiro atoms. The van der Waals surface area contributed by atoms with Crippen LogP contribution in [-0.4, -0.2) is 32.6 Å². The van der Waals surface area contributed by atoms with E-state index in [4.69, 9.17) is 14.2 Å². The molecular formula is C19H20O5. The third-order valence-corrected chi connectivity index (χ3v) is 3.57. The minimum absolute atomic E-state index is 0.124. The van der Waals surface area contributed by atoms with Gasteiger partial charge in [0.1, 0.15) is 11.5 Å². The molecule has 0 aliphatic carbocycles. The zero-order chi connectivity index (χ0) is 17.5. The fraction of sp³-hybridized carbons (Fsp3) is 0.263. The second-order valence-corrected chi connectivity index (χ2v) is 5.18. The van der Waals surface area contributed by atoms with Crippen molar-refractivity contribution in [1.29, 1.82) is 0 Å². The van der Waals surface area contributed by atoms with E-state index in [2.05, 4.69) is 0 Å². The van der Waals surface area contributed by atoms with Crippen molar-refractivity contribution in [2.24, 2.45) is 0 Å². The molecule has 0 aromatic heterocycles. The van der Waals surface area contributed by atoms with E-state index in [1.807, 2.05) is 12.1 Å². The van der Waals surface area contributed by atoms with Crippen molar-refractivity contribution in [2.45, 2.75) is 13.3 Å². The van der Waals surface area contributed by atoms with Crippen molar-refractivity contribution >= 4 is 11.8 Å². The van der Waals surface area contributed by atoms with Gasteiger partial charge >= 0.3 is 5.97 Å². The van der Waals surface area contributed by atoms with E-state index in [0.29, 0.717) is 35.7 Å². The molecule has 126 valence electrons. The number of benzene rings is 2. The van der Waals surface area contributed by atoms with Gasteiger partial charge in [-0.05, 0) is 17.7 Å². The highest BCUT2D eigenvalue weighted by Crippen LogP contribution is 2.26. The largest absolute Gasteiger partial charge is 0.497 e. The zero-order valence-electron chi connectivity index (χ0n) is 14.0. The highest BCUT2D eigenvalue weighted by molar-refractivity contribution is 6.10. The van der Waals surface area contributed by atoms with Gasteiger partial charge in [0.2, 0.25) is 0 Å². The summed E-state index contributed by atoms with van der Waals surface area (Å²) < 4.78 is 15.3. The van der Waals surface area contributed by atoms with Crippen LogP contribution >= 0.6 is 0 Å². The minimum Gasteiger partial charge on any atom is -0.497 e. The molecule has 0 radical (unpaired) electrons. The normalized spacial score (nSPS) is 10.1. The predicted octanol–water partition coefficient (Wildman–Crippen LogP) is 3.04. The summed E-state index contributed by atoms with van der Waals surface area (Å²) in [6.07, 6.45) is 0.611. The van der Waals surface area contributed by atoms with Gasteiger partial charge in [0.15, 0.2) is 5.78 Å². The summed E-state index contributed by atoms with van der Waals surface area (Å²) in [5.74, 6) is 0.678. The summed E-state index contributed by atoms with van der Waals surface area (Å²) in [6, 6.07) is 12.3. The van der Waals surface area contributed by atoms with E-state index < -0.39 is 0 Å². The molecule has 2 aromatic carbocycles. The number of methoxy groups -OCH3 is 2. The first-order valence-corrected chi connectivity index (χ1v) is 7.54. The Balaban J connectivity index is 2.14. The lowest BCUT2D eigenvalue weighted by atomic mass is 10.0. The quantitative estimate of drug-likeness (QED) is 0.577. The van der Waals surface area contributed by atoms with Gasteiger partial charge in [0.05, 0.1) is 26.4 Å². The smallest absolute Gasteiger partial charge is 0.302 e. The van der Waals surface area contributed by atoms with Gasteiger partial charge in [-0.25, -0.2) is 0 Å². The lowest BCUT2D eigenvalue weighted by Gasteiger charge is -2.10. The molecule has 2 rings (SSSR count). The molecule has 0 atom stereocenters. The van der Waals surface area contributed by atoms with Crippen molar-refractivity contribution in [3.05, 3.63) is 59.2 Å². The third-order valence-electron chi connectivity index (χ3n) is 3.57. The molecule has 5 nitrogen and oxygen atoms in total. The second kappa shape index (κ2) is 8.15. The van der Waals surface area contributed by atoms with E-state index in [1.165, 1.54) is 14.0 Å². The van der Waals surface area contributed by atoms with Gasteiger partial charge in [-0.1, -0.05) is 24.3 Å². The number of hydrogen-bond acceptors (Lipinski definition) is 5. The van der Waals surface area contributed by atoms with Crippen LogP contribution in [0.5, 0.6) is 11.5 Å². The Morgan fingerprint density at radius 1 is 0.958 bits per heavy atom. The van der Waals surface area contributed by atoms with E-state index >= 15 is 0 Å². The lowest BCUT2D eigenvalue weighted by molar-refractivity contribution is -0.140. The Morgan fingerprint density at radius 2 is 1.67 bits per heavy atom. The lowest BCUT2D eigenvalue weighted by Crippen LogP contribution is -2.06. The number of esters is 1. The molecule has 0 unspecified atom stereocenters. The molecule has 0 saturated heterocycles. The number of ether oxygens (including phenoxy) is 3. The monoisotopic (exact) mass is 328 g/mol.